The maximum absolute atomic E-state index is 12.2. The molecule has 0 unspecified atom stereocenters. The van der Waals surface area contributed by atoms with Crippen molar-refractivity contribution >= 4 is 11.8 Å². The van der Waals surface area contributed by atoms with E-state index in [1.807, 2.05) is 31.2 Å². The molecule has 0 radical (unpaired) electrons. The summed E-state index contributed by atoms with van der Waals surface area (Å²) in [5, 5.41) is 2.89. The molecular formula is C16H22N2O2. The van der Waals surface area contributed by atoms with Gasteiger partial charge in [-0.1, -0.05) is 43.5 Å². The van der Waals surface area contributed by atoms with Crippen LogP contribution in [0, 0.1) is 6.92 Å². The zero-order chi connectivity index (χ0) is 14.6. The van der Waals surface area contributed by atoms with Gasteiger partial charge in [0.25, 0.3) is 0 Å². The molecule has 0 heterocycles. The first kappa shape index (κ1) is 14.6. The minimum absolute atomic E-state index is 0.125. The number of hydrogen-bond acceptors (Lipinski definition) is 2. The number of carbonyl (C=O) groups is 2. The third-order valence-electron chi connectivity index (χ3n) is 4.17. The molecule has 20 heavy (non-hydrogen) atoms. The van der Waals surface area contributed by atoms with Crippen molar-refractivity contribution < 1.29 is 9.59 Å². The van der Waals surface area contributed by atoms with E-state index in [1.54, 1.807) is 0 Å². The minimum Gasteiger partial charge on any atom is -0.368 e. The largest absolute Gasteiger partial charge is 0.368 e. The van der Waals surface area contributed by atoms with Crippen LogP contribution in [0.4, 0.5) is 0 Å². The molecule has 0 aromatic heterocycles. The summed E-state index contributed by atoms with van der Waals surface area (Å²) in [4.78, 5) is 24.0. The van der Waals surface area contributed by atoms with Crippen LogP contribution in [0.1, 0.15) is 43.2 Å². The summed E-state index contributed by atoms with van der Waals surface area (Å²) in [5.74, 6) is -0.532. The lowest BCUT2D eigenvalue weighted by molar-refractivity contribution is -0.132. The quantitative estimate of drug-likeness (QED) is 0.879. The van der Waals surface area contributed by atoms with Gasteiger partial charge in [0.05, 0.1) is 6.42 Å². The van der Waals surface area contributed by atoms with Gasteiger partial charge in [-0.25, -0.2) is 0 Å². The standard InChI is InChI=1S/C16H22N2O2/c1-12-7-3-4-8-13(12)11-14(19)18-16(15(17)20)9-5-2-6-10-16/h3-4,7-8H,2,5-6,9-11H2,1H3,(H2,17,20)(H,18,19). The molecule has 0 bridgehead atoms. The topological polar surface area (TPSA) is 72.2 Å². The molecule has 1 aromatic carbocycles. The molecule has 0 aliphatic heterocycles. The molecule has 1 aliphatic rings. The Morgan fingerprint density at radius 2 is 1.85 bits per heavy atom. The zero-order valence-electron chi connectivity index (χ0n) is 11.9. The fraction of sp³-hybridized carbons (Fsp3) is 0.500. The summed E-state index contributed by atoms with van der Waals surface area (Å²) in [7, 11) is 0. The zero-order valence-corrected chi connectivity index (χ0v) is 11.9. The molecule has 3 N–H and O–H groups in total. The van der Waals surface area contributed by atoms with E-state index >= 15 is 0 Å². The van der Waals surface area contributed by atoms with Gasteiger partial charge in [0.1, 0.15) is 5.54 Å². The average molecular weight is 274 g/mol. The molecular weight excluding hydrogens is 252 g/mol. The number of hydrogen-bond donors (Lipinski definition) is 2. The Bertz CT molecular complexity index is 505. The number of carbonyl (C=O) groups excluding carboxylic acids is 2. The Kier molecular flexibility index (Phi) is 4.42. The van der Waals surface area contributed by atoms with E-state index in [-0.39, 0.29) is 5.91 Å². The number of amides is 2. The van der Waals surface area contributed by atoms with Gasteiger partial charge < -0.3 is 11.1 Å². The van der Waals surface area contributed by atoms with Crippen LogP contribution in [0.2, 0.25) is 0 Å². The predicted octanol–water partition coefficient (Wildman–Crippen LogP) is 1.84. The molecule has 4 heteroatoms. The summed E-state index contributed by atoms with van der Waals surface area (Å²) in [5.41, 5.74) is 6.75. The Labute approximate surface area is 119 Å². The highest BCUT2D eigenvalue weighted by Gasteiger charge is 2.39. The number of benzene rings is 1. The highest BCUT2D eigenvalue weighted by atomic mass is 16.2. The van der Waals surface area contributed by atoms with E-state index in [0.717, 1.165) is 30.4 Å². The summed E-state index contributed by atoms with van der Waals surface area (Å²) < 4.78 is 0. The van der Waals surface area contributed by atoms with Gasteiger partial charge in [0.15, 0.2) is 0 Å². The highest BCUT2D eigenvalue weighted by molar-refractivity contribution is 5.91. The Morgan fingerprint density at radius 1 is 1.20 bits per heavy atom. The lowest BCUT2D eigenvalue weighted by Crippen LogP contribution is -2.58. The SMILES string of the molecule is Cc1ccccc1CC(=O)NC1(C(N)=O)CCCCC1. The van der Waals surface area contributed by atoms with E-state index in [1.165, 1.54) is 0 Å². The monoisotopic (exact) mass is 274 g/mol. The molecule has 4 nitrogen and oxygen atoms in total. The van der Waals surface area contributed by atoms with Gasteiger partial charge in [0, 0.05) is 0 Å². The van der Waals surface area contributed by atoms with Crippen molar-refractivity contribution in [2.24, 2.45) is 5.73 Å². The van der Waals surface area contributed by atoms with E-state index in [2.05, 4.69) is 5.32 Å². The Morgan fingerprint density at radius 3 is 2.45 bits per heavy atom. The molecule has 2 amide bonds. The molecule has 1 saturated carbocycles. The lowest BCUT2D eigenvalue weighted by Gasteiger charge is -2.35. The number of primary amides is 1. The second kappa shape index (κ2) is 6.07. The van der Waals surface area contributed by atoms with Crippen LogP contribution in [-0.4, -0.2) is 17.4 Å². The molecule has 1 aliphatic carbocycles. The van der Waals surface area contributed by atoms with Crippen molar-refractivity contribution in [1.29, 1.82) is 0 Å². The maximum Gasteiger partial charge on any atom is 0.243 e. The van der Waals surface area contributed by atoms with Crippen LogP contribution < -0.4 is 11.1 Å². The molecule has 108 valence electrons. The number of rotatable bonds is 4. The molecule has 1 aromatic rings. The first-order chi connectivity index (χ1) is 9.53. The predicted molar refractivity (Wildman–Crippen MR) is 78.0 cm³/mol. The van der Waals surface area contributed by atoms with Crippen molar-refractivity contribution in [2.45, 2.75) is 51.0 Å². The third kappa shape index (κ3) is 3.18. The van der Waals surface area contributed by atoms with Gasteiger partial charge in [-0.3, -0.25) is 9.59 Å². The lowest BCUT2D eigenvalue weighted by atomic mass is 9.81. The molecule has 0 atom stereocenters. The van der Waals surface area contributed by atoms with Crippen LogP contribution in [0.25, 0.3) is 0 Å². The first-order valence-corrected chi connectivity index (χ1v) is 7.19. The summed E-state index contributed by atoms with van der Waals surface area (Å²) >= 11 is 0. The second-order valence-electron chi connectivity index (χ2n) is 5.66. The summed E-state index contributed by atoms with van der Waals surface area (Å²) in [6.45, 7) is 1.98. The number of nitrogens with two attached hydrogens (primary N) is 1. The van der Waals surface area contributed by atoms with Crippen molar-refractivity contribution in [3.05, 3.63) is 35.4 Å². The van der Waals surface area contributed by atoms with Crippen molar-refractivity contribution in [3.63, 3.8) is 0 Å². The number of nitrogens with one attached hydrogen (secondary N) is 1. The molecule has 2 rings (SSSR count). The summed E-state index contributed by atoms with van der Waals surface area (Å²) in [6, 6.07) is 7.78. The van der Waals surface area contributed by atoms with Gasteiger partial charge in [-0.05, 0) is 30.9 Å². The highest BCUT2D eigenvalue weighted by Crippen LogP contribution is 2.28. The Balaban J connectivity index is 2.06. The minimum atomic E-state index is -0.835. The normalized spacial score (nSPS) is 17.4. The van der Waals surface area contributed by atoms with Crippen LogP contribution in [0.15, 0.2) is 24.3 Å². The van der Waals surface area contributed by atoms with Gasteiger partial charge in [-0.2, -0.15) is 0 Å². The molecule has 0 saturated heterocycles. The van der Waals surface area contributed by atoms with E-state index in [9.17, 15) is 9.59 Å². The average Bonchev–Trinajstić information content (AvgIpc) is 2.42. The second-order valence-corrected chi connectivity index (χ2v) is 5.66. The first-order valence-electron chi connectivity index (χ1n) is 7.19. The van der Waals surface area contributed by atoms with Crippen LogP contribution in [0.3, 0.4) is 0 Å². The Hall–Kier alpha value is -1.84. The van der Waals surface area contributed by atoms with Crippen molar-refractivity contribution in [3.8, 4) is 0 Å². The third-order valence-corrected chi connectivity index (χ3v) is 4.17. The number of aryl methyl sites for hydroxylation is 1. The summed E-state index contributed by atoms with van der Waals surface area (Å²) in [6.07, 6.45) is 4.58. The fourth-order valence-electron chi connectivity index (χ4n) is 2.88. The fourth-order valence-corrected chi connectivity index (χ4v) is 2.88. The van der Waals surface area contributed by atoms with Gasteiger partial charge >= 0.3 is 0 Å². The smallest absolute Gasteiger partial charge is 0.243 e. The van der Waals surface area contributed by atoms with E-state index in [4.69, 9.17) is 5.73 Å². The van der Waals surface area contributed by atoms with Gasteiger partial charge in [-0.15, -0.1) is 0 Å². The van der Waals surface area contributed by atoms with E-state index < -0.39 is 11.4 Å². The van der Waals surface area contributed by atoms with Crippen LogP contribution in [-0.2, 0) is 16.0 Å². The molecule has 1 fully saturated rings. The maximum atomic E-state index is 12.2. The van der Waals surface area contributed by atoms with Crippen molar-refractivity contribution in [1.82, 2.24) is 5.32 Å². The van der Waals surface area contributed by atoms with Crippen molar-refractivity contribution in [2.75, 3.05) is 0 Å². The van der Waals surface area contributed by atoms with Crippen LogP contribution in [0.5, 0.6) is 0 Å². The van der Waals surface area contributed by atoms with Gasteiger partial charge in [0.2, 0.25) is 11.8 Å². The van der Waals surface area contributed by atoms with E-state index in [0.29, 0.717) is 19.3 Å². The molecule has 0 spiro atoms. The van der Waals surface area contributed by atoms with Crippen LogP contribution >= 0.6 is 0 Å².